The van der Waals surface area contributed by atoms with E-state index in [2.05, 4.69) is 15.0 Å². The normalized spacial score (nSPS) is 12.5. The summed E-state index contributed by atoms with van der Waals surface area (Å²) < 4.78 is 6.99. The minimum Gasteiger partial charge on any atom is -0.465 e. The lowest BCUT2D eigenvalue weighted by Crippen LogP contribution is -2.19. The molecule has 0 saturated heterocycles. The number of fused-ring (bicyclic) bond motifs is 1. The molecule has 0 amide bonds. The van der Waals surface area contributed by atoms with E-state index in [-0.39, 0.29) is 31.0 Å². The molecule has 2 aromatic rings. The number of nitrogen functional groups attached to an aromatic ring is 1. The summed E-state index contributed by atoms with van der Waals surface area (Å²) in [6.45, 7) is 2.70. The first-order valence-corrected chi connectivity index (χ1v) is 7.33. The number of esters is 1. The quantitative estimate of drug-likeness (QED) is 0.691. The summed E-state index contributed by atoms with van der Waals surface area (Å²) in [7, 11) is 0. The van der Waals surface area contributed by atoms with Gasteiger partial charge in [-0.05, 0) is 12.8 Å². The van der Waals surface area contributed by atoms with Crippen LogP contribution < -0.4 is 5.73 Å². The first kappa shape index (κ1) is 16.2. The van der Waals surface area contributed by atoms with Gasteiger partial charge in [-0.15, -0.1) is 0 Å². The molecule has 0 spiro atoms. The van der Waals surface area contributed by atoms with Crippen LogP contribution in [0, 0.1) is 5.92 Å². The van der Waals surface area contributed by atoms with Crippen molar-refractivity contribution < 1.29 is 14.6 Å². The highest BCUT2D eigenvalue weighted by atomic mass is 16.5. The Morgan fingerprint density at radius 2 is 2.32 bits per heavy atom. The van der Waals surface area contributed by atoms with Gasteiger partial charge in [0.05, 0.1) is 19.1 Å². The number of hydrogen-bond acceptors (Lipinski definition) is 7. The number of aliphatic hydroxyl groups is 1. The van der Waals surface area contributed by atoms with Crippen LogP contribution in [0.15, 0.2) is 12.5 Å². The highest BCUT2D eigenvalue weighted by molar-refractivity contribution is 5.70. The van der Waals surface area contributed by atoms with E-state index in [4.69, 9.17) is 10.5 Å². The number of nitrogens with two attached hydrogens (primary N) is 1. The maximum absolute atomic E-state index is 11.4. The van der Waals surface area contributed by atoms with Gasteiger partial charge >= 0.3 is 5.97 Å². The monoisotopic (exact) mass is 307 g/mol. The Bertz CT molecular complexity index is 628. The van der Waals surface area contributed by atoms with Gasteiger partial charge in [0.2, 0.25) is 5.95 Å². The zero-order valence-corrected chi connectivity index (χ0v) is 12.6. The number of aliphatic hydroxyl groups excluding tert-OH is 1. The molecule has 2 aromatic heterocycles. The summed E-state index contributed by atoms with van der Waals surface area (Å²) in [6.07, 6.45) is 5.04. The highest BCUT2D eigenvalue weighted by Crippen LogP contribution is 2.13. The predicted octanol–water partition coefficient (Wildman–Crippen LogP) is 0.750. The van der Waals surface area contributed by atoms with E-state index in [1.165, 1.54) is 0 Å². The van der Waals surface area contributed by atoms with Crippen molar-refractivity contribution in [2.24, 2.45) is 5.92 Å². The van der Waals surface area contributed by atoms with Crippen molar-refractivity contribution in [3.63, 3.8) is 0 Å². The first-order valence-electron chi connectivity index (χ1n) is 7.33. The molecule has 0 aliphatic heterocycles. The van der Waals surface area contributed by atoms with Crippen LogP contribution in [0.4, 0.5) is 5.95 Å². The van der Waals surface area contributed by atoms with Gasteiger partial charge in [0.25, 0.3) is 0 Å². The van der Waals surface area contributed by atoms with Crippen molar-refractivity contribution in [1.29, 1.82) is 0 Å². The molecule has 0 fully saturated rings. The van der Waals surface area contributed by atoms with E-state index < -0.39 is 0 Å². The molecule has 0 aliphatic rings. The fourth-order valence-corrected chi connectivity index (χ4v) is 2.07. The van der Waals surface area contributed by atoms with Crippen LogP contribution in [0.2, 0.25) is 0 Å². The van der Waals surface area contributed by atoms with Gasteiger partial charge in [-0.3, -0.25) is 4.79 Å². The molecule has 1 unspecified atom stereocenters. The summed E-state index contributed by atoms with van der Waals surface area (Å²) >= 11 is 0. The van der Waals surface area contributed by atoms with Crippen molar-refractivity contribution in [3.05, 3.63) is 12.5 Å². The SMILES string of the molecule is CCCC(=O)OCC(CO)CCn1cnc2cnc(N)nc21. The average molecular weight is 307 g/mol. The van der Waals surface area contributed by atoms with E-state index in [0.29, 0.717) is 30.6 Å². The third-order valence-electron chi connectivity index (χ3n) is 3.35. The van der Waals surface area contributed by atoms with Crippen LogP contribution in [-0.4, -0.2) is 43.8 Å². The molecule has 8 heteroatoms. The fourth-order valence-electron chi connectivity index (χ4n) is 2.07. The lowest BCUT2D eigenvalue weighted by atomic mass is 10.1. The fraction of sp³-hybridized carbons (Fsp3) is 0.571. The van der Waals surface area contributed by atoms with E-state index in [1.54, 1.807) is 12.5 Å². The molecule has 0 aliphatic carbocycles. The number of aryl methyl sites for hydroxylation is 1. The van der Waals surface area contributed by atoms with E-state index >= 15 is 0 Å². The smallest absolute Gasteiger partial charge is 0.305 e. The van der Waals surface area contributed by atoms with Crippen LogP contribution in [0.1, 0.15) is 26.2 Å². The Balaban J connectivity index is 1.91. The lowest BCUT2D eigenvalue weighted by Gasteiger charge is -2.14. The van der Waals surface area contributed by atoms with Gasteiger partial charge < -0.3 is 20.1 Å². The van der Waals surface area contributed by atoms with E-state index in [1.807, 2.05) is 11.5 Å². The molecule has 0 bridgehead atoms. The van der Waals surface area contributed by atoms with Crippen molar-refractivity contribution in [2.45, 2.75) is 32.7 Å². The number of nitrogens with zero attached hydrogens (tertiary/aromatic N) is 4. The molecular weight excluding hydrogens is 286 g/mol. The number of aromatic nitrogens is 4. The number of anilines is 1. The number of imidazole rings is 1. The molecule has 1 atom stereocenters. The summed E-state index contributed by atoms with van der Waals surface area (Å²) in [5, 5.41) is 9.39. The number of rotatable bonds is 8. The molecule has 0 radical (unpaired) electrons. The van der Waals surface area contributed by atoms with Gasteiger partial charge in [0.1, 0.15) is 5.52 Å². The topological polar surface area (TPSA) is 116 Å². The summed E-state index contributed by atoms with van der Waals surface area (Å²) in [5.41, 5.74) is 6.91. The molecule has 22 heavy (non-hydrogen) atoms. The largest absolute Gasteiger partial charge is 0.465 e. The third-order valence-corrected chi connectivity index (χ3v) is 3.35. The van der Waals surface area contributed by atoms with E-state index in [9.17, 15) is 9.90 Å². The summed E-state index contributed by atoms with van der Waals surface area (Å²) in [6, 6.07) is 0. The molecule has 3 N–H and O–H groups in total. The van der Waals surface area contributed by atoms with Crippen molar-refractivity contribution >= 4 is 23.1 Å². The Hall–Kier alpha value is -2.22. The Morgan fingerprint density at radius 1 is 1.50 bits per heavy atom. The first-order chi connectivity index (χ1) is 10.6. The third kappa shape index (κ3) is 4.14. The Morgan fingerprint density at radius 3 is 3.05 bits per heavy atom. The minimum absolute atomic E-state index is 0.0385. The van der Waals surface area contributed by atoms with Gasteiger partial charge in [0, 0.05) is 25.5 Å². The van der Waals surface area contributed by atoms with Crippen LogP contribution in [-0.2, 0) is 16.1 Å². The second-order valence-corrected chi connectivity index (χ2v) is 5.15. The number of carbonyl (C=O) groups is 1. The zero-order valence-electron chi connectivity index (χ0n) is 12.6. The zero-order chi connectivity index (χ0) is 15.9. The summed E-state index contributed by atoms with van der Waals surface area (Å²) in [4.78, 5) is 23.6. The summed E-state index contributed by atoms with van der Waals surface area (Å²) in [5.74, 6) is -0.145. The molecular formula is C14H21N5O3. The van der Waals surface area contributed by atoms with E-state index in [0.717, 1.165) is 6.42 Å². The van der Waals surface area contributed by atoms with Crippen molar-refractivity contribution in [1.82, 2.24) is 19.5 Å². The van der Waals surface area contributed by atoms with Gasteiger partial charge in [-0.25, -0.2) is 9.97 Å². The van der Waals surface area contributed by atoms with Gasteiger partial charge in [-0.1, -0.05) is 6.92 Å². The Kier molecular flexibility index (Phi) is 5.65. The molecule has 120 valence electrons. The van der Waals surface area contributed by atoms with Gasteiger partial charge in [-0.2, -0.15) is 4.98 Å². The lowest BCUT2D eigenvalue weighted by molar-refractivity contribution is -0.145. The number of carbonyl (C=O) groups excluding carboxylic acids is 1. The number of hydrogen-bond donors (Lipinski definition) is 2. The number of ether oxygens (including phenoxy) is 1. The van der Waals surface area contributed by atoms with Gasteiger partial charge in [0.15, 0.2) is 5.65 Å². The second-order valence-electron chi connectivity index (χ2n) is 5.15. The maximum Gasteiger partial charge on any atom is 0.305 e. The molecule has 0 saturated carbocycles. The van der Waals surface area contributed by atoms with Crippen LogP contribution in [0.3, 0.4) is 0 Å². The molecule has 8 nitrogen and oxygen atoms in total. The second kappa shape index (κ2) is 7.69. The predicted molar refractivity (Wildman–Crippen MR) is 80.8 cm³/mol. The average Bonchev–Trinajstić information content (AvgIpc) is 2.90. The van der Waals surface area contributed by atoms with Crippen molar-refractivity contribution in [2.75, 3.05) is 18.9 Å². The van der Waals surface area contributed by atoms with Crippen molar-refractivity contribution in [3.8, 4) is 0 Å². The maximum atomic E-state index is 11.4. The molecule has 2 rings (SSSR count). The van der Waals surface area contributed by atoms with Crippen LogP contribution >= 0.6 is 0 Å². The minimum atomic E-state index is -0.227. The standard InChI is InChI=1S/C14H21N5O3/c1-2-3-12(21)22-8-10(7-20)4-5-19-9-17-11-6-16-14(15)18-13(11)19/h6,9-10,20H,2-5,7-8H2,1H3,(H2,15,16,18). The Labute approximate surface area is 128 Å². The highest BCUT2D eigenvalue weighted by Gasteiger charge is 2.13. The van der Waals surface area contributed by atoms with Crippen LogP contribution in [0.5, 0.6) is 0 Å². The molecule has 2 heterocycles. The van der Waals surface area contributed by atoms with Crippen LogP contribution in [0.25, 0.3) is 11.2 Å². The molecule has 0 aromatic carbocycles.